The van der Waals surface area contributed by atoms with Crippen LogP contribution in [-0.2, 0) is 9.53 Å². The van der Waals surface area contributed by atoms with Crippen LogP contribution in [0.15, 0.2) is 0 Å². The van der Waals surface area contributed by atoms with Crippen LogP contribution in [0, 0.1) is 11.8 Å². The summed E-state index contributed by atoms with van der Waals surface area (Å²) in [6, 6.07) is 0.264. The van der Waals surface area contributed by atoms with Crippen LogP contribution in [0.25, 0.3) is 0 Å². The lowest BCUT2D eigenvalue weighted by atomic mass is 9.98. The molecule has 0 radical (unpaired) electrons. The van der Waals surface area contributed by atoms with Gasteiger partial charge in [-0.3, -0.25) is 4.79 Å². The molecule has 1 heterocycles. The molecular weight excluding hydrogens is 270 g/mol. The lowest BCUT2D eigenvalue weighted by Crippen LogP contribution is -2.43. The highest BCUT2D eigenvalue weighted by atomic mass is 79.9. The first-order valence-corrected chi connectivity index (χ1v) is 7.16. The number of hydrogen-bond donors (Lipinski definition) is 1. The molecule has 16 heavy (non-hydrogen) atoms. The summed E-state index contributed by atoms with van der Waals surface area (Å²) in [4.78, 5) is 12.0. The Morgan fingerprint density at radius 3 is 2.69 bits per heavy atom. The second-order valence-electron chi connectivity index (χ2n) is 4.81. The van der Waals surface area contributed by atoms with Crippen molar-refractivity contribution in [1.82, 2.24) is 5.32 Å². The maximum absolute atomic E-state index is 12.0. The fraction of sp³-hybridized carbons (Fsp3) is 0.917. The Kier molecular flexibility index (Phi) is 5.76. The summed E-state index contributed by atoms with van der Waals surface area (Å²) in [6.07, 6.45) is 1.90. The van der Waals surface area contributed by atoms with Crippen molar-refractivity contribution in [2.24, 2.45) is 11.8 Å². The summed E-state index contributed by atoms with van der Waals surface area (Å²) in [5.41, 5.74) is 0. The van der Waals surface area contributed by atoms with E-state index in [1.807, 2.05) is 6.92 Å². The van der Waals surface area contributed by atoms with E-state index < -0.39 is 0 Å². The zero-order chi connectivity index (χ0) is 12.1. The van der Waals surface area contributed by atoms with E-state index in [9.17, 15) is 4.79 Å². The minimum absolute atomic E-state index is 0.0385. The third-order valence-electron chi connectivity index (χ3n) is 3.27. The lowest BCUT2D eigenvalue weighted by molar-refractivity contribution is -0.127. The zero-order valence-electron chi connectivity index (χ0n) is 10.3. The average molecular weight is 292 g/mol. The van der Waals surface area contributed by atoms with Gasteiger partial charge in [0.15, 0.2) is 0 Å². The first-order chi connectivity index (χ1) is 7.56. The Morgan fingerprint density at radius 1 is 1.56 bits per heavy atom. The summed E-state index contributed by atoms with van der Waals surface area (Å²) in [7, 11) is 0. The van der Waals surface area contributed by atoms with Gasteiger partial charge >= 0.3 is 0 Å². The number of amides is 1. The fourth-order valence-electron chi connectivity index (χ4n) is 2.06. The molecule has 3 nitrogen and oxygen atoms in total. The highest BCUT2D eigenvalue weighted by Crippen LogP contribution is 2.21. The molecule has 94 valence electrons. The molecule has 3 atom stereocenters. The van der Waals surface area contributed by atoms with E-state index in [2.05, 4.69) is 35.1 Å². The van der Waals surface area contributed by atoms with Crippen LogP contribution in [0.4, 0.5) is 0 Å². The van der Waals surface area contributed by atoms with Crippen LogP contribution >= 0.6 is 15.9 Å². The molecule has 3 unspecified atom stereocenters. The van der Waals surface area contributed by atoms with Crippen LogP contribution in [0.1, 0.15) is 33.6 Å². The predicted molar refractivity (Wildman–Crippen MR) is 68.7 cm³/mol. The van der Waals surface area contributed by atoms with Gasteiger partial charge in [-0.15, -0.1) is 0 Å². The summed E-state index contributed by atoms with van der Waals surface area (Å²) >= 11 is 3.43. The van der Waals surface area contributed by atoms with Gasteiger partial charge in [0, 0.05) is 18.0 Å². The molecule has 1 aliphatic heterocycles. The molecule has 0 bridgehead atoms. The topological polar surface area (TPSA) is 38.3 Å². The van der Waals surface area contributed by atoms with Crippen molar-refractivity contribution >= 4 is 21.8 Å². The molecule has 1 saturated heterocycles. The van der Waals surface area contributed by atoms with Crippen molar-refractivity contribution in [2.75, 3.05) is 11.9 Å². The number of carbonyl (C=O) groups excluding carboxylic acids is 1. The lowest BCUT2D eigenvalue weighted by Gasteiger charge is -2.24. The SMILES string of the molecule is CC(C)C(CCBr)NC(=O)C1CCOC1C. The maximum Gasteiger partial charge on any atom is 0.226 e. The Labute approximate surface area is 106 Å². The normalized spacial score (nSPS) is 27.1. The number of hydrogen-bond acceptors (Lipinski definition) is 2. The standard InChI is InChI=1S/C12H22BrNO2/c1-8(2)11(4-6-13)14-12(15)10-5-7-16-9(10)3/h8-11H,4-7H2,1-3H3,(H,14,15). The number of alkyl halides is 1. The molecule has 1 aliphatic rings. The van der Waals surface area contributed by atoms with Gasteiger partial charge in [0.05, 0.1) is 12.0 Å². The second-order valence-corrected chi connectivity index (χ2v) is 5.60. The Hall–Kier alpha value is -0.0900. The molecule has 0 saturated carbocycles. The highest BCUT2D eigenvalue weighted by molar-refractivity contribution is 9.09. The molecular formula is C12H22BrNO2. The molecule has 0 aromatic carbocycles. The Bertz CT molecular complexity index is 233. The molecule has 0 aromatic rings. The minimum atomic E-state index is 0.0385. The minimum Gasteiger partial charge on any atom is -0.378 e. The molecule has 0 aliphatic carbocycles. The first-order valence-electron chi connectivity index (χ1n) is 6.04. The first kappa shape index (κ1) is 14.0. The molecule has 1 fully saturated rings. The summed E-state index contributed by atoms with van der Waals surface area (Å²) in [5.74, 6) is 0.667. The monoisotopic (exact) mass is 291 g/mol. The Morgan fingerprint density at radius 2 is 2.25 bits per heavy atom. The number of halogens is 1. The summed E-state index contributed by atoms with van der Waals surface area (Å²) in [5, 5.41) is 4.06. The molecule has 1 N–H and O–H groups in total. The average Bonchev–Trinajstić information content (AvgIpc) is 2.63. The van der Waals surface area contributed by atoms with E-state index >= 15 is 0 Å². The second kappa shape index (κ2) is 6.60. The maximum atomic E-state index is 12.0. The predicted octanol–water partition coefficient (Wildman–Crippen LogP) is 2.34. The third kappa shape index (κ3) is 3.74. The number of carbonyl (C=O) groups is 1. The largest absolute Gasteiger partial charge is 0.378 e. The van der Waals surface area contributed by atoms with Crippen LogP contribution in [0.5, 0.6) is 0 Å². The summed E-state index contributed by atoms with van der Waals surface area (Å²) in [6.45, 7) is 6.97. The Balaban J connectivity index is 2.47. The molecule has 1 rings (SSSR count). The van der Waals surface area contributed by atoms with E-state index in [1.54, 1.807) is 0 Å². The van der Waals surface area contributed by atoms with Gasteiger partial charge in [0.25, 0.3) is 0 Å². The van der Waals surface area contributed by atoms with Gasteiger partial charge < -0.3 is 10.1 Å². The summed E-state index contributed by atoms with van der Waals surface area (Å²) < 4.78 is 5.42. The number of nitrogens with one attached hydrogen (secondary N) is 1. The van der Waals surface area contributed by atoms with Crippen molar-refractivity contribution in [1.29, 1.82) is 0 Å². The van der Waals surface area contributed by atoms with Crippen molar-refractivity contribution < 1.29 is 9.53 Å². The van der Waals surface area contributed by atoms with Crippen LogP contribution in [0.2, 0.25) is 0 Å². The van der Waals surface area contributed by atoms with E-state index in [-0.39, 0.29) is 24.0 Å². The van der Waals surface area contributed by atoms with Crippen molar-refractivity contribution in [3.63, 3.8) is 0 Å². The number of ether oxygens (including phenoxy) is 1. The van der Waals surface area contributed by atoms with Crippen LogP contribution in [0.3, 0.4) is 0 Å². The van der Waals surface area contributed by atoms with Gasteiger partial charge in [-0.25, -0.2) is 0 Å². The van der Waals surface area contributed by atoms with E-state index in [4.69, 9.17) is 4.74 Å². The van der Waals surface area contributed by atoms with Gasteiger partial charge in [-0.2, -0.15) is 0 Å². The van der Waals surface area contributed by atoms with E-state index in [0.29, 0.717) is 12.5 Å². The van der Waals surface area contributed by atoms with Crippen LogP contribution < -0.4 is 5.32 Å². The number of rotatable bonds is 5. The fourth-order valence-corrected chi connectivity index (χ4v) is 2.55. The van der Waals surface area contributed by atoms with E-state index in [0.717, 1.165) is 18.2 Å². The molecule has 0 aromatic heterocycles. The van der Waals surface area contributed by atoms with Gasteiger partial charge in [-0.05, 0) is 25.7 Å². The van der Waals surface area contributed by atoms with E-state index in [1.165, 1.54) is 0 Å². The molecule has 1 amide bonds. The highest BCUT2D eigenvalue weighted by Gasteiger charge is 2.32. The third-order valence-corrected chi connectivity index (χ3v) is 3.72. The quantitative estimate of drug-likeness (QED) is 0.790. The smallest absolute Gasteiger partial charge is 0.226 e. The molecule has 4 heteroatoms. The van der Waals surface area contributed by atoms with Gasteiger partial charge in [-0.1, -0.05) is 29.8 Å². The van der Waals surface area contributed by atoms with Gasteiger partial charge in [0.1, 0.15) is 0 Å². The zero-order valence-corrected chi connectivity index (χ0v) is 11.9. The van der Waals surface area contributed by atoms with Crippen molar-refractivity contribution in [2.45, 2.75) is 45.8 Å². The van der Waals surface area contributed by atoms with Crippen molar-refractivity contribution in [3.8, 4) is 0 Å². The molecule has 0 spiro atoms. The van der Waals surface area contributed by atoms with Crippen LogP contribution in [-0.4, -0.2) is 30.0 Å². The van der Waals surface area contributed by atoms with Crippen molar-refractivity contribution in [3.05, 3.63) is 0 Å². The van der Waals surface area contributed by atoms with Gasteiger partial charge in [0.2, 0.25) is 5.91 Å².